The van der Waals surface area contributed by atoms with E-state index in [0.717, 1.165) is 56.3 Å². The van der Waals surface area contributed by atoms with Gasteiger partial charge in [0.05, 0.1) is 38.0 Å². The van der Waals surface area contributed by atoms with Crippen molar-refractivity contribution < 1.29 is 24.2 Å². The second kappa shape index (κ2) is 19.3. The number of allylic oxidation sites excluding steroid dienone is 1. The van der Waals surface area contributed by atoms with Crippen molar-refractivity contribution >= 4 is 47.8 Å². The normalized spacial score (nSPS) is 20.6. The zero-order valence-electron chi connectivity index (χ0n) is 27.5. The number of nitrogens with zero attached hydrogens (tertiary/aromatic N) is 5. The van der Waals surface area contributed by atoms with Crippen molar-refractivity contribution in [1.29, 1.82) is 0 Å². The molecule has 2 aliphatic rings. The SMILES string of the molecule is COC(=O)NCC1CCN(Cc2cc(OC3=C/N=C/NCC(N(C)CCC(=O)O)CCCC/N=C\3)nc(-c3cc(Cl)cc(Cl)c3)c2)CC1. The molecule has 1 amide bonds. The number of likely N-dealkylation sites (N-methyl/N-ethyl adjacent to an activating group) is 1. The standard InChI is InChI=1S/C34H45Cl2N7O5/c1-42(10-8-33(44)45)29-5-3-4-9-37-20-30(21-39-23-38-19-29)48-32-14-25(13-31(41-32)26-15-27(35)17-28(36)16-26)22-43-11-6-24(7-12-43)18-40-34(46)47-2/h13-17,20-21,23-24,29H,3-12,18-19,22H2,1-2H3,(H,38,39)(H,40,46)(H,44,45)/b30-21+,37-20-. The number of carboxylic acids is 1. The number of carbonyl (C=O) groups excluding carboxylic acids is 1. The van der Waals surface area contributed by atoms with E-state index in [4.69, 9.17) is 42.8 Å². The van der Waals surface area contributed by atoms with Gasteiger partial charge in [-0.3, -0.25) is 14.7 Å². The van der Waals surface area contributed by atoms with E-state index in [9.17, 15) is 9.59 Å². The Balaban J connectivity index is 1.50. The van der Waals surface area contributed by atoms with Crippen LogP contribution in [0.25, 0.3) is 11.3 Å². The number of carboxylic acid groups (broad SMARTS) is 1. The average Bonchev–Trinajstić information content (AvgIpc) is 3.08. The van der Waals surface area contributed by atoms with E-state index in [2.05, 4.69) is 30.4 Å². The van der Waals surface area contributed by atoms with E-state index in [1.165, 1.54) is 7.11 Å². The number of nitrogens with one attached hydrogen (secondary N) is 2. The largest absolute Gasteiger partial charge is 0.481 e. The molecule has 48 heavy (non-hydrogen) atoms. The van der Waals surface area contributed by atoms with Crippen LogP contribution in [0, 0.1) is 5.92 Å². The van der Waals surface area contributed by atoms with E-state index in [1.807, 2.05) is 31.3 Å². The van der Waals surface area contributed by atoms with Gasteiger partial charge in [0.15, 0.2) is 5.76 Å². The molecule has 1 unspecified atom stereocenters. The maximum Gasteiger partial charge on any atom is 0.406 e. The molecular weight excluding hydrogens is 657 g/mol. The number of hydrogen-bond donors (Lipinski definition) is 3. The molecule has 0 saturated carbocycles. The summed E-state index contributed by atoms with van der Waals surface area (Å²) in [7, 11) is 3.32. The van der Waals surface area contributed by atoms with Crippen LogP contribution in [-0.2, 0) is 16.1 Å². The number of amides is 1. The molecule has 1 atom stereocenters. The molecule has 2 aliphatic heterocycles. The Morgan fingerprint density at radius 3 is 2.60 bits per heavy atom. The summed E-state index contributed by atoms with van der Waals surface area (Å²) in [5.74, 6) is 0.418. The third-order valence-corrected chi connectivity index (χ3v) is 8.83. The van der Waals surface area contributed by atoms with Crippen LogP contribution >= 0.6 is 23.2 Å². The lowest BCUT2D eigenvalue weighted by Gasteiger charge is -2.32. The topological polar surface area (TPSA) is 141 Å². The molecule has 0 bridgehead atoms. The van der Waals surface area contributed by atoms with Crippen molar-refractivity contribution in [2.75, 3.05) is 53.4 Å². The van der Waals surface area contributed by atoms with E-state index >= 15 is 0 Å². The van der Waals surface area contributed by atoms with Crippen LogP contribution in [0.5, 0.6) is 5.88 Å². The summed E-state index contributed by atoms with van der Waals surface area (Å²) in [5.41, 5.74) is 2.46. The quantitative estimate of drug-likeness (QED) is 0.277. The number of aliphatic carboxylic acids is 1. The summed E-state index contributed by atoms with van der Waals surface area (Å²) >= 11 is 12.7. The van der Waals surface area contributed by atoms with Gasteiger partial charge in [0.1, 0.15) is 0 Å². The molecule has 3 N–H and O–H groups in total. The number of piperidine rings is 1. The number of hydrogen-bond acceptors (Lipinski definition) is 10. The van der Waals surface area contributed by atoms with Gasteiger partial charge in [-0.15, -0.1) is 0 Å². The Morgan fingerprint density at radius 1 is 1.10 bits per heavy atom. The van der Waals surface area contributed by atoms with E-state index in [1.54, 1.807) is 24.8 Å². The Labute approximate surface area is 292 Å². The molecular formula is C34H45Cl2N7O5. The lowest BCUT2D eigenvalue weighted by atomic mass is 9.96. The molecule has 0 radical (unpaired) electrons. The predicted octanol–water partition coefficient (Wildman–Crippen LogP) is 5.49. The van der Waals surface area contributed by atoms with Crippen molar-refractivity contribution in [1.82, 2.24) is 25.4 Å². The van der Waals surface area contributed by atoms with Gasteiger partial charge in [-0.1, -0.05) is 23.2 Å². The maximum atomic E-state index is 11.5. The van der Waals surface area contributed by atoms with Crippen molar-refractivity contribution in [3.05, 3.63) is 57.9 Å². The van der Waals surface area contributed by atoms with Crippen molar-refractivity contribution in [3.8, 4) is 17.1 Å². The minimum absolute atomic E-state index is 0.102. The van der Waals surface area contributed by atoms with Crippen molar-refractivity contribution in [2.45, 2.75) is 51.1 Å². The Kier molecular flexibility index (Phi) is 14.9. The lowest BCUT2D eigenvalue weighted by molar-refractivity contribution is -0.137. The van der Waals surface area contributed by atoms with Gasteiger partial charge < -0.3 is 30.1 Å². The Hall–Kier alpha value is -3.71. The second-order valence-corrected chi connectivity index (χ2v) is 13.0. The first-order chi connectivity index (χ1) is 23.2. The van der Waals surface area contributed by atoms with Crippen LogP contribution in [0.3, 0.4) is 0 Å². The molecule has 12 nitrogen and oxygen atoms in total. The summed E-state index contributed by atoms with van der Waals surface area (Å²) < 4.78 is 11.0. The van der Waals surface area contributed by atoms with Crippen LogP contribution in [0.15, 0.2) is 52.3 Å². The summed E-state index contributed by atoms with van der Waals surface area (Å²) in [4.78, 5) is 40.8. The number of ether oxygens (including phenoxy) is 2. The van der Waals surface area contributed by atoms with Gasteiger partial charge in [-0.25, -0.2) is 14.8 Å². The highest BCUT2D eigenvalue weighted by Gasteiger charge is 2.21. The number of aliphatic imine (C=N–C) groups is 2. The summed E-state index contributed by atoms with van der Waals surface area (Å²) in [6, 6.07) is 9.46. The summed E-state index contributed by atoms with van der Waals surface area (Å²) in [6.07, 6.45) is 9.25. The van der Waals surface area contributed by atoms with Crippen molar-refractivity contribution in [3.63, 3.8) is 0 Å². The molecule has 0 spiro atoms. The number of pyridine rings is 1. The Morgan fingerprint density at radius 2 is 1.88 bits per heavy atom. The molecule has 1 fully saturated rings. The van der Waals surface area contributed by atoms with Gasteiger partial charge in [0.2, 0.25) is 5.88 Å². The number of likely N-dealkylation sites (tertiary alicyclic amines) is 1. The third kappa shape index (κ3) is 12.7. The number of methoxy groups -OCH3 is 1. The Bertz CT molecular complexity index is 1440. The van der Waals surface area contributed by atoms with Crippen LogP contribution in [0.2, 0.25) is 10.0 Å². The minimum atomic E-state index is -0.803. The van der Waals surface area contributed by atoms with Crippen molar-refractivity contribution in [2.24, 2.45) is 15.9 Å². The maximum absolute atomic E-state index is 11.5. The first-order valence-corrected chi connectivity index (χ1v) is 17.0. The molecule has 14 heteroatoms. The smallest absolute Gasteiger partial charge is 0.406 e. The van der Waals surface area contributed by atoms with E-state index < -0.39 is 12.1 Å². The number of alkyl carbamates (subject to hydrolysis) is 1. The highest BCUT2D eigenvalue weighted by molar-refractivity contribution is 6.35. The molecule has 4 rings (SSSR count). The molecule has 1 saturated heterocycles. The van der Waals surface area contributed by atoms with Gasteiger partial charge in [0, 0.05) is 60.4 Å². The van der Waals surface area contributed by atoms with E-state index in [0.29, 0.717) is 66.0 Å². The summed E-state index contributed by atoms with van der Waals surface area (Å²) in [6.45, 7) is 4.81. The van der Waals surface area contributed by atoms with E-state index in [-0.39, 0.29) is 12.5 Å². The first-order valence-electron chi connectivity index (χ1n) is 16.2. The van der Waals surface area contributed by atoms with Crippen LogP contribution < -0.4 is 15.4 Å². The monoisotopic (exact) mass is 701 g/mol. The fourth-order valence-corrected chi connectivity index (χ4v) is 6.21. The van der Waals surface area contributed by atoms with Gasteiger partial charge in [-0.05, 0) is 88.0 Å². The number of aromatic nitrogens is 1. The lowest BCUT2D eigenvalue weighted by Crippen LogP contribution is -2.40. The number of rotatable bonds is 11. The van der Waals surface area contributed by atoms with Gasteiger partial charge in [-0.2, -0.15) is 0 Å². The second-order valence-electron chi connectivity index (χ2n) is 12.1. The summed E-state index contributed by atoms with van der Waals surface area (Å²) in [5, 5.41) is 16.2. The fourth-order valence-electron chi connectivity index (χ4n) is 5.69. The molecule has 1 aromatic carbocycles. The zero-order valence-corrected chi connectivity index (χ0v) is 29.0. The minimum Gasteiger partial charge on any atom is -0.481 e. The van der Waals surface area contributed by atoms with Crippen LogP contribution in [-0.4, -0.2) is 104 Å². The number of carbonyl (C=O) groups is 2. The first kappa shape index (κ1) is 37.1. The molecule has 1 aromatic heterocycles. The van der Waals surface area contributed by atoms with Gasteiger partial charge in [0.25, 0.3) is 0 Å². The van der Waals surface area contributed by atoms with Crippen LogP contribution in [0.4, 0.5) is 4.79 Å². The number of halogens is 2. The van der Waals surface area contributed by atoms with Crippen LogP contribution in [0.1, 0.15) is 44.1 Å². The highest BCUT2D eigenvalue weighted by Crippen LogP contribution is 2.30. The fraction of sp³-hybridized carbons (Fsp3) is 0.500. The third-order valence-electron chi connectivity index (χ3n) is 8.39. The predicted molar refractivity (Wildman–Crippen MR) is 189 cm³/mol. The highest BCUT2D eigenvalue weighted by atomic mass is 35.5. The zero-order chi connectivity index (χ0) is 34.3. The van der Waals surface area contributed by atoms with Gasteiger partial charge >= 0.3 is 12.1 Å². The average molecular weight is 703 g/mol. The number of benzene rings is 1. The molecule has 3 heterocycles. The molecule has 0 aliphatic carbocycles. The molecule has 2 aromatic rings. The molecule has 260 valence electrons.